The van der Waals surface area contributed by atoms with Crippen molar-refractivity contribution in [3.63, 3.8) is 0 Å². The molecule has 3 aromatic rings. The van der Waals surface area contributed by atoms with Crippen molar-refractivity contribution in [3.05, 3.63) is 59.9 Å². The van der Waals surface area contributed by atoms with E-state index in [0.29, 0.717) is 25.5 Å². The van der Waals surface area contributed by atoms with Crippen LogP contribution in [-0.2, 0) is 11.2 Å². The third kappa shape index (κ3) is 2.69. The highest BCUT2D eigenvalue weighted by Crippen LogP contribution is 2.30. The molecule has 0 bridgehead atoms. The molecule has 4 rings (SSSR count). The number of fused-ring (bicyclic) bond motifs is 2. The second kappa shape index (κ2) is 5.92. The van der Waals surface area contributed by atoms with Crippen LogP contribution >= 0.6 is 0 Å². The molecular weight excluding hydrogens is 302 g/mol. The highest BCUT2D eigenvalue weighted by atomic mass is 16.5. The lowest BCUT2D eigenvalue weighted by molar-refractivity contribution is -0.118. The minimum Gasteiger partial charge on any atom is -0.474 e. The van der Waals surface area contributed by atoms with Crippen LogP contribution in [0.5, 0.6) is 5.88 Å². The van der Waals surface area contributed by atoms with E-state index in [9.17, 15) is 4.79 Å². The average Bonchev–Trinajstić information content (AvgIpc) is 2.61. The van der Waals surface area contributed by atoms with Crippen LogP contribution in [0.25, 0.3) is 10.9 Å². The Morgan fingerprint density at radius 1 is 1.21 bits per heavy atom. The molecule has 1 aliphatic rings. The molecule has 0 saturated heterocycles. The van der Waals surface area contributed by atoms with Gasteiger partial charge in [0.2, 0.25) is 11.8 Å². The molecule has 0 saturated carbocycles. The minimum atomic E-state index is 0.0315. The fourth-order valence-electron chi connectivity index (χ4n) is 2.94. The molecule has 2 aromatic heterocycles. The van der Waals surface area contributed by atoms with Gasteiger partial charge in [-0.05, 0) is 36.2 Å². The lowest BCUT2D eigenvalue weighted by Crippen LogP contribution is -2.39. The van der Waals surface area contributed by atoms with Gasteiger partial charge in [0.25, 0.3) is 0 Å². The predicted molar refractivity (Wildman–Crippen MR) is 92.3 cm³/mol. The Kier molecular flexibility index (Phi) is 3.61. The Balaban J connectivity index is 1.61. The summed E-state index contributed by atoms with van der Waals surface area (Å²) < 4.78 is 5.55. The molecule has 1 aromatic carbocycles. The molecule has 120 valence electrons. The number of ether oxygens (including phenoxy) is 1. The third-order valence-electron chi connectivity index (χ3n) is 4.12. The summed E-state index contributed by atoms with van der Waals surface area (Å²) in [6.45, 7) is 2.96. The van der Waals surface area contributed by atoms with Gasteiger partial charge >= 0.3 is 0 Å². The smallest absolute Gasteiger partial charge is 0.238 e. The van der Waals surface area contributed by atoms with Crippen molar-refractivity contribution in [1.29, 1.82) is 0 Å². The normalized spacial score (nSPS) is 13.5. The van der Waals surface area contributed by atoms with Gasteiger partial charge in [-0.3, -0.25) is 9.78 Å². The molecule has 0 spiro atoms. The maximum Gasteiger partial charge on any atom is 0.238 e. The number of rotatable bonds is 2. The maximum atomic E-state index is 12.8. The van der Waals surface area contributed by atoms with Crippen LogP contribution in [0, 0.1) is 6.92 Å². The van der Waals surface area contributed by atoms with Crippen molar-refractivity contribution in [1.82, 2.24) is 9.97 Å². The van der Waals surface area contributed by atoms with Gasteiger partial charge in [-0.25, -0.2) is 4.98 Å². The number of pyridine rings is 2. The van der Waals surface area contributed by atoms with Crippen molar-refractivity contribution in [3.8, 4) is 5.88 Å². The van der Waals surface area contributed by atoms with Crippen LogP contribution in [0.1, 0.15) is 11.1 Å². The van der Waals surface area contributed by atoms with E-state index in [0.717, 1.165) is 27.7 Å². The first kappa shape index (κ1) is 14.6. The first-order valence-corrected chi connectivity index (χ1v) is 7.94. The molecule has 0 atom stereocenters. The fraction of sp³-hybridized carbons (Fsp3) is 0.211. The zero-order valence-electron chi connectivity index (χ0n) is 13.4. The Morgan fingerprint density at radius 2 is 2.08 bits per heavy atom. The van der Waals surface area contributed by atoms with Gasteiger partial charge in [-0.2, -0.15) is 0 Å². The number of anilines is 1. The highest BCUT2D eigenvalue weighted by molar-refractivity contribution is 5.96. The van der Waals surface area contributed by atoms with E-state index in [4.69, 9.17) is 4.74 Å². The van der Waals surface area contributed by atoms with Gasteiger partial charge in [0.1, 0.15) is 12.3 Å². The number of carbonyl (C=O) groups is 1. The van der Waals surface area contributed by atoms with Gasteiger partial charge < -0.3 is 9.64 Å². The van der Waals surface area contributed by atoms with Crippen molar-refractivity contribution in [2.45, 2.75) is 13.3 Å². The molecule has 3 heterocycles. The fourth-order valence-corrected chi connectivity index (χ4v) is 2.94. The van der Waals surface area contributed by atoms with Crippen LogP contribution in [0.2, 0.25) is 0 Å². The number of hydrogen-bond acceptors (Lipinski definition) is 4. The van der Waals surface area contributed by atoms with Gasteiger partial charge in [0, 0.05) is 17.8 Å². The Bertz CT molecular complexity index is 923. The van der Waals surface area contributed by atoms with Gasteiger partial charge in [0.15, 0.2) is 0 Å². The van der Waals surface area contributed by atoms with Crippen molar-refractivity contribution in [2.75, 3.05) is 18.1 Å². The molecule has 1 aliphatic heterocycles. The lowest BCUT2D eigenvalue weighted by atomic mass is 10.1. The minimum absolute atomic E-state index is 0.0315. The SMILES string of the molecule is Cc1cnc2c(c1)N(C(=O)Cc1cnc3ccccc3c1)CCO2. The van der Waals surface area contributed by atoms with Crippen LogP contribution in [-0.4, -0.2) is 29.0 Å². The van der Waals surface area contributed by atoms with E-state index in [-0.39, 0.29) is 5.91 Å². The third-order valence-corrected chi connectivity index (χ3v) is 4.12. The summed E-state index contributed by atoms with van der Waals surface area (Å²) in [6, 6.07) is 11.9. The molecule has 5 nitrogen and oxygen atoms in total. The van der Waals surface area contributed by atoms with E-state index in [1.165, 1.54) is 0 Å². The quantitative estimate of drug-likeness (QED) is 0.729. The summed E-state index contributed by atoms with van der Waals surface area (Å²) in [6.07, 6.45) is 3.83. The van der Waals surface area contributed by atoms with E-state index in [1.54, 1.807) is 17.3 Å². The summed E-state index contributed by atoms with van der Waals surface area (Å²) in [4.78, 5) is 23.3. The first-order valence-electron chi connectivity index (χ1n) is 7.94. The lowest BCUT2D eigenvalue weighted by Gasteiger charge is -2.29. The van der Waals surface area contributed by atoms with E-state index < -0.39 is 0 Å². The molecule has 5 heteroatoms. The van der Waals surface area contributed by atoms with E-state index in [1.807, 2.05) is 43.3 Å². The second-order valence-corrected chi connectivity index (χ2v) is 5.94. The largest absolute Gasteiger partial charge is 0.474 e. The summed E-state index contributed by atoms with van der Waals surface area (Å²) in [5.41, 5.74) is 3.60. The van der Waals surface area contributed by atoms with Crippen LogP contribution in [0.3, 0.4) is 0 Å². The van der Waals surface area contributed by atoms with Crippen molar-refractivity contribution >= 4 is 22.5 Å². The van der Waals surface area contributed by atoms with Crippen LogP contribution in [0.15, 0.2) is 48.8 Å². The van der Waals surface area contributed by atoms with Gasteiger partial charge in [0.05, 0.1) is 18.5 Å². The first-order chi connectivity index (χ1) is 11.7. The molecular formula is C19H17N3O2. The van der Waals surface area contributed by atoms with Crippen LogP contribution in [0.4, 0.5) is 5.69 Å². The molecule has 0 unspecified atom stereocenters. The summed E-state index contributed by atoms with van der Waals surface area (Å²) in [7, 11) is 0. The summed E-state index contributed by atoms with van der Waals surface area (Å²) >= 11 is 0. The molecule has 0 fully saturated rings. The topological polar surface area (TPSA) is 55.3 Å². The monoisotopic (exact) mass is 319 g/mol. The van der Waals surface area contributed by atoms with E-state index in [2.05, 4.69) is 9.97 Å². The molecule has 0 radical (unpaired) electrons. The number of aryl methyl sites for hydroxylation is 1. The predicted octanol–water partition coefficient (Wildman–Crippen LogP) is 2.91. The summed E-state index contributed by atoms with van der Waals surface area (Å²) in [5.74, 6) is 0.556. The second-order valence-electron chi connectivity index (χ2n) is 5.94. The molecule has 1 amide bonds. The number of hydrogen-bond donors (Lipinski definition) is 0. The highest BCUT2D eigenvalue weighted by Gasteiger charge is 2.25. The Hall–Kier alpha value is -2.95. The maximum absolute atomic E-state index is 12.8. The van der Waals surface area contributed by atoms with Gasteiger partial charge in [-0.15, -0.1) is 0 Å². The van der Waals surface area contributed by atoms with Gasteiger partial charge in [-0.1, -0.05) is 18.2 Å². The number of para-hydroxylation sites is 1. The zero-order valence-corrected chi connectivity index (χ0v) is 13.4. The van der Waals surface area contributed by atoms with Crippen LogP contribution < -0.4 is 9.64 Å². The van der Waals surface area contributed by atoms with Crippen molar-refractivity contribution < 1.29 is 9.53 Å². The standard InChI is InChI=1S/C19H17N3O2/c1-13-8-17-19(21-11-13)24-7-6-22(17)18(23)10-14-9-15-4-2-3-5-16(15)20-12-14/h2-5,8-9,11-12H,6-7,10H2,1H3. The van der Waals surface area contributed by atoms with Crippen molar-refractivity contribution in [2.24, 2.45) is 0 Å². The molecule has 24 heavy (non-hydrogen) atoms. The number of aromatic nitrogens is 2. The number of benzene rings is 1. The molecule has 0 aliphatic carbocycles. The van der Waals surface area contributed by atoms with E-state index >= 15 is 0 Å². The Morgan fingerprint density at radius 3 is 3.00 bits per heavy atom. The average molecular weight is 319 g/mol. The summed E-state index contributed by atoms with van der Waals surface area (Å²) in [5, 5.41) is 1.04. The Labute approximate surface area is 139 Å². The zero-order chi connectivity index (χ0) is 16.5. The molecule has 0 N–H and O–H groups in total. The number of amides is 1. The number of nitrogens with zero attached hydrogens (tertiary/aromatic N) is 3. The number of carbonyl (C=O) groups excluding carboxylic acids is 1.